The van der Waals surface area contributed by atoms with E-state index in [0.29, 0.717) is 23.3 Å². The number of rotatable bonds is 4. The summed E-state index contributed by atoms with van der Waals surface area (Å²) in [5.74, 6) is 0.483. The first kappa shape index (κ1) is 19.7. The van der Waals surface area contributed by atoms with Gasteiger partial charge in [-0.1, -0.05) is 12.1 Å². The van der Waals surface area contributed by atoms with Gasteiger partial charge in [-0.15, -0.1) is 0 Å². The number of methoxy groups -OCH3 is 1. The summed E-state index contributed by atoms with van der Waals surface area (Å²) in [4.78, 5) is 36.3. The van der Waals surface area contributed by atoms with E-state index < -0.39 is 0 Å². The normalized spacial score (nSPS) is 11.3. The van der Waals surface area contributed by atoms with Crippen LogP contribution in [0, 0.1) is 6.92 Å². The van der Waals surface area contributed by atoms with Crippen LogP contribution in [0.4, 0.5) is 0 Å². The minimum Gasteiger partial charge on any atom is -0.465 e. The van der Waals surface area contributed by atoms with E-state index in [1.165, 1.54) is 7.11 Å². The number of esters is 1. The molecule has 0 amide bonds. The van der Waals surface area contributed by atoms with E-state index >= 15 is 0 Å². The maximum atomic E-state index is 12.4. The Morgan fingerprint density at radius 2 is 1.97 bits per heavy atom. The Balaban J connectivity index is 1.59. The zero-order chi connectivity index (χ0) is 22.4. The molecule has 0 spiro atoms. The number of fused-ring (bicyclic) bond motifs is 2. The number of nitrogens with zero attached hydrogens (tertiary/aromatic N) is 4. The first-order valence-corrected chi connectivity index (χ1v) is 10.1. The van der Waals surface area contributed by atoms with Gasteiger partial charge in [-0.05, 0) is 36.8 Å². The van der Waals surface area contributed by atoms with Gasteiger partial charge in [-0.25, -0.2) is 14.8 Å². The fraction of sp³-hybridized carbons (Fsp3) is 0.167. The maximum absolute atomic E-state index is 12.4. The summed E-state index contributed by atoms with van der Waals surface area (Å²) in [6.45, 7) is 2.53. The second kappa shape index (κ2) is 7.49. The van der Waals surface area contributed by atoms with E-state index in [-0.39, 0.29) is 11.5 Å². The Labute approximate surface area is 183 Å². The van der Waals surface area contributed by atoms with Crippen LogP contribution in [-0.2, 0) is 18.3 Å². The summed E-state index contributed by atoms with van der Waals surface area (Å²) in [6, 6.07) is 11.3. The van der Waals surface area contributed by atoms with E-state index in [4.69, 9.17) is 4.74 Å². The second-order valence-corrected chi connectivity index (χ2v) is 7.73. The van der Waals surface area contributed by atoms with Crippen molar-refractivity contribution in [2.45, 2.75) is 13.5 Å². The van der Waals surface area contributed by atoms with Crippen molar-refractivity contribution < 1.29 is 9.53 Å². The number of imidazole rings is 1. The highest BCUT2D eigenvalue weighted by atomic mass is 16.5. The zero-order valence-electron chi connectivity index (χ0n) is 17.9. The quantitative estimate of drug-likeness (QED) is 0.444. The number of hydrogen-bond acceptors (Lipinski definition) is 5. The van der Waals surface area contributed by atoms with Gasteiger partial charge in [0.1, 0.15) is 11.3 Å². The summed E-state index contributed by atoms with van der Waals surface area (Å²) >= 11 is 0. The molecule has 0 atom stereocenters. The number of ether oxygens (including phenoxy) is 1. The molecule has 4 heterocycles. The van der Waals surface area contributed by atoms with Crippen LogP contribution >= 0.6 is 0 Å². The van der Waals surface area contributed by atoms with Crippen molar-refractivity contribution in [1.29, 1.82) is 0 Å². The van der Waals surface area contributed by atoms with E-state index in [2.05, 4.69) is 25.6 Å². The molecule has 160 valence electrons. The first-order valence-electron chi connectivity index (χ1n) is 10.1. The average molecular weight is 427 g/mol. The van der Waals surface area contributed by atoms with E-state index in [0.717, 1.165) is 33.4 Å². The highest BCUT2D eigenvalue weighted by molar-refractivity contribution is 5.95. The minimum absolute atomic E-state index is 0.0703. The number of carbonyl (C=O) groups is 1. The molecule has 0 fully saturated rings. The smallest absolute Gasteiger partial charge is 0.337 e. The van der Waals surface area contributed by atoms with Crippen LogP contribution in [0.25, 0.3) is 33.2 Å². The molecule has 0 aliphatic heterocycles. The Hall–Kier alpha value is -4.20. The van der Waals surface area contributed by atoms with Crippen LogP contribution in [0.5, 0.6) is 0 Å². The lowest BCUT2D eigenvalue weighted by Crippen LogP contribution is -2.16. The van der Waals surface area contributed by atoms with E-state index in [1.54, 1.807) is 36.1 Å². The van der Waals surface area contributed by atoms with Crippen LogP contribution < -0.4 is 5.56 Å². The number of pyridine rings is 2. The van der Waals surface area contributed by atoms with Crippen molar-refractivity contribution in [2.75, 3.05) is 7.11 Å². The molecule has 0 aliphatic carbocycles. The SMILES string of the molecule is COC(=O)c1ccc(Cn2c(C)nc3ncc(-c4cn(C)c(=O)c5[nH]ccc45)cc32)cc1. The van der Waals surface area contributed by atoms with Gasteiger partial charge in [-0.3, -0.25) is 4.79 Å². The number of hydrogen-bond donors (Lipinski definition) is 1. The van der Waals surface area contributed by atoms with Gasteiger partial charge in [0.25, 0.3) is 5.56 Å². The van der Waals surface area contributed by atoms with Crippen LogP contribution in [0.1, 0.15) is 21.7 Å². The van der Waals surface area contributed by atoms with Crippen molar-refractivity contribution >= 4 is 28.0 Å². The second-order valence-electron chi connectivity index (χ2n) is 7.73. The van der Waals surface area contributed by atoms with Gasteiger partial charge in [-0.2, -0.15) is 0 Å². The third-order valence-electron chi connectivity index (χ3n) is 5.72. The largest absolute Gasteiger partial charge is 0.465 e. The first-order chi connectivity index (χ1) is 15.5. The predicted octanol–water partition coefficient (Wildman–Crippen LogP) is 3.42. The Bertz CT molecular complexity index is 1540. The van der Waals surface area contributed by atoms with E-state index in [1.807, 2.05) is 31.3 Å². The molecule has 0 aliphatic rings. The lowest BCUT2D eigenvalue weighted by Gasteiger charge is -2.10. The van der Waals surface area contributed by atoms with Gasteiger partial charge in [0.2, 0.25) is 0 Å². The molecule has 1 N–H and O–H groups in total. The molecule has 5 rings (SSSR count). The molecule has 8 nitrogen and oxygen atoms in total. The van der Waals surface area contributed by atoms with Crippen molar-refractivity contribution in [3.8, 4) is 11.1 Å². The van der Waals surface area contributed by atoms with Gasteiger partial charge in [0.15, 0.2) is 5.65 Å². The number of carbonyl (C=O) groups excluding carboxylic acids is 1. The Morgan fingerprint density at radius 1 is 1.19 bits per heavy atom. The summed E-state index contributed by atoms with van der Waals surface area (Å²) in [5, 5.41) is 0.857. The molecule has 4 aromatic heterocycles. The summed E-state index contributed by atoms with van der Waals surface area (Å²) in [5.41, 5.74) is 5.42. The Kier molecular flexibility index (Phi) is 4.62. The van der Waals surface area contributed by atoms with Crippen LogP contribution in [0.15, 0.2) is 59.8 Å². The van der Waals surface area contributed by atoms with Gasteiger partial charge >= 0.3 is 5.97 Å². The lowest BCUT2D eigenvalue weighted by molar-refractivity contribution is 0.0600. The zero-order valence-corrected chi connectivity index (χ0v) is 17.9. The van der Waals surface area contributed by atoms with Gasteiger partial charge in [0, 0.05) is 48.7 Å². The third-order valence-corrected chi connectivity index (χ3v) is 5.72. The molecule has 8 heteroatoms. The predicted molar refractivity (Wildman–Crippen MR) is 122 cm³/mol. The maximum Gasteiger partial charge on any atom is 0.337 e. The summed E-state index contributed by atoms with van der Waals surface area (Å²) < 4.78 is 8.43. The van der Waals surface area contributed by atoms with E-state index in [9.17, 15) is 9.59 Å². The number of aryl methyl sites for hydroxylation is 2. The van der Waals surface area contributed by atoms with Crippen molar-refractivity contribution in [3.63, 3.8) is 0 Å². The molecule has 32 heavy (non-hydrogen) atoms. The molecule has 0 saturated heterocycles. The van der Waals surface area contributed by atoms with Crippen LogP contribution in [0.2, 0.25) is 0 Å². The highest BCUT2D eigenvalue weighted by Crippen LogP contribution is 2.28. The third kappa shape index (κ3) is 3.17. The Morgan fingerprint density at radius 3 is 2.72 bits per heavy atom. The lowest BCUT2D eigenvalue weighted by atomic mass is 10.1. The minimum atomic E-state index is -0.358. The topological polar surface area (TPSA) is 94.8 Å². The molecular weight excluding hydrogens is 406 g/mol. The molecule has 0 radical (unpaired) electrons. The molecular formula is C24H21N5O3. The molecule has 5 aromatic rings. The number of H-pyrrole nitrogens is 1. The number of aromatic nitrogens is 5. The average Bonchev–Trinajstić information content (AvgIpc) is 3.41. The fourth-order valence-corrected chi connectivity index (χ4v) is 4.01. The highest BCUT2D eigenvalue weighted by Gasteiger charge is 2.15. The number of aromatic amines is 1. The van der Waals surface area contributed by atoms with Crippen molar-refractivity contribution in [3.05, 3.63) is 82.3 Å². The number of nitrogens with one attached hydrogen (secondary N) is 1. The molecule has 1 aromatic carbocycles. The summed E-state index contributed by atoms with van der Waals surface area (Å²) in [7, 11) is 3.11. The molecule has 0 bridgehead atoms. The van der Waals surface area contributed by atoms with Crippen LogP contribution in [-0.4, -0.2) is 37.2 Å². The van der Waals surface area contributed by atoms with Gasteiger partial charge in [0.05, 0.1) is 18.2 Å². The monoisotopic (exact) mass is 427 g/mol. The molecule has 0 unspecified atom stereocenters. The van der Waals surface area contributed by atoms with Gasteiger partial charge < -0.3 is 18.9 Å². The number of benzene rings is 1. The standard InChI is InChI=1S/C24H21N5O3/c1-14-27-22-20(29(14)12-15-4-6-16(7-5-15)24(31)32-3)10-17(11-26-22)19-13-28(2)23(30)21-18(19)8-9-25-21/h4-11,13,25H,12H2,1-3H3. The fourth-order valence-electron chi connectivity index (χ4n) is 4.01. The van der Waals surface area contributed by atoms with Crippen LogP contribution in [0.3, 0.4) is 0 Å². The van der Waals surface area contributed by atoms with Crippen molar-refractivity contribution in [2.24, 2.45) is 7.05 Å². The molecule has 0 saturated carbocycles. The van der Waals surface area contributed by atoms with Crippen molar-refractivity contribution in [1.82, 2.24) is 24.1 Å². The summed E-state index contributed by atoms with van der Waals surface area (Å²) in [6.07, 6.45) is 5.39.